The van der Waals surface area contributed by atoms with Gasteiger partial charge in [0.25, 0.3) is 0 Å². The number of hydrogen-bond acceptors (Lipinski definition) is 4. The first kappa shape index (κ1) is 21.7. The number of sulfonamides is 1. The van der Waals surface area contributed by atoms with Crippen LogP contribution in [0.3, 0.4) is 0 Å². The van der Waals surface area contributed by atoms with Crippen molar-refractivity contribution in [3.63, 3.8) is 0 Å². The van der Waals surface area contributed by atoms with Crippen LogP contribution in [-0.4, -0.2) is 38.9 Å². The number of nitrogens with one attached hydrogen (secondary N) is 1. The zero-order valence-electron chi connectivity index (χ0n) is 16.0. The van der Waals surface area contributed by atoms with Crippen molar-refractivity contribution >= 4 is 33.2 Å². The molecule has 3 aromatic rings. The summed E-state index contributed by atoms with van der Waals surface area (Å²) in [5.41, 5.74) is 2.37. The SMILES string of the molecule is CN(C)CC(NS(=O)(=O)c1ccc(-c2ccccn2)cc1)c1ccc(Cl)c(Cl)c1. The van der Waals surface area contributed by atoms with Gasteiger partial charge in [0.05, 0.1) is 26.7 Å². The molecule has 5 nitrogen and oxygen atoms in total. The van der Waals surface area contributed by atoms with E-state index in [1.807, 2.05) is 37.2 Å². The lowest BCUT2D eigenvalue weighted by Crippen LogP contribution is -2.35. The monoisotopic (exact) mass is 449 g/mol. The van der Waals surface area contributed by atoms with E-state index in [4.69, 9.17) is 23.2 Å². The van der Waals surface area contributed by atoms with Crippen LogP contribution in [0.25, 0.3) is 11.3 Å². The molecule has 1 heterocycles. The highest BCUT2D eigenvalue weighted by molar-refractivity contribution is 7.89. The molecular formula is C21H21Cl2N3O2S. The highest BCUT2D eigenvalue weighted by atomic mass is 35.5. The van der Waals surface area contributed by atoms with Crippen molar-refractivity contribution in [2.24, 2.45) is 0 Å². The second-order valence-electron chi connectivity index (χ2n) is 6.85. The lowest BCUT2D eigenvalue weighted by molar-refractivity contribution is 0.363. The molecule has 0 radical (unpaired) electrons. The second-order valence-corrected chi connectivity index (χ2v) is 9.38. The Kier molecular flexibility index (Phi) is 6.93. The number of pyridine rings is 1. The van der Waals surface area contributed by atoms with Crippen molar-refractivity contribution in [3.8, 4) is 11.3 Å². The standard InChI is InChI=1S/C21H21Cl2N3O2S/c1-26(2)14-21(16-8-11-18(22)19(23)13-16)25-29(27,28)17-9-6-15(7-10-17)20-5-3-4-12-24-20/h3-13,21,25H,14H2,1-2H3. The van der Waals surface area contributed by atoms with Gasteiger partial charge in [0.15, 0.2) is 0 Å². The van der Waals surface area contributed by atoms with Crippen LogP contribution in [0, 0.1) is 0 Å². The van der Waals surface area contributed by atoms with Gasteiger partial charge in [0.1, 0.15) is 0 Å². The van der Waals surface area contributed by atoms with Crippen molar-refractivity contribution < 1.29 is 8.42 Å². The van der Waals surface area contributed by atoms with E-state index in [1.54, 1.807) is 48.7 Å². The van der Waals surface area contributed by atoms with Crippen LogP contribution >= 0.6 is 23.2 Å². The fourth-order valence-electron chi connectivity index (χ4n) is 2.90. The second kappa shape index (κ2) is 9.24. The Labute approximate surface area is 181 Å². The topological polar surface area (TPSA) is 62.3 Å². The minimum absolute atomic E-state index is 0.181. The Morgan fingerprint density at radius 2 is 1.72 bits per heavy atom. The average molecular weight is 450 g/mol. The van der Waals surface area contributed by atoms with Crippen LogP contribution in [0.5, 0.6) is 0 Å². The van der Waals surface area contributed by atoms with Crippen molar-refractivity contribution in [2.45, 2.75) is 10.9 Å². The molecule has 0 saturated carbocycles. The third-order valence-electron chi connectivity index (χ3n) is 4.32. The number of aromatic nitrogens is 1. The van der Waals surface area contributed by atoms with Gasteiger partial charge < -0.3 is 4.90 Å². The third kappa shape index (κ3) is 5.56. The molecule has 152 valence electrons. The van der Waals surface area contributed by atoms with Gasteiger partial charge in [0, 0.05) is 18.3 Å². The molecule has 1 N–H and O–H groups in total. The first-order chi connectivity index (χ1) is 13.8. The van der Waals surface area contributed by atoms with Crippen LogP contribution in [0.15, 0.2) is 71.8 Å². The van der Waals surface area contributed by atoms with Gasteiger partial charge in [-0.3, -0.25) is 4.98 Å². The molecule has 0 amide bonds. The van der Waals surface area contributed by atoms with Gasteiger partial charge in [-0.15, -0.1) is 0 Å². The molecule has 29 heavy (non-hydrogen) atoms. The largest absolute Gasteiger partial charge is 0.307 e. The average Bonchev–Trinajstić information content (AvgIpc) is 2.70. The van der Waals surface area contributed by atoms with E-state index in [1.165, 1.54) is 0 Å². The van der Waals surface area contributed by atoms with Crippen LogP contribution in [-0.2, 0) is 10.0 Å². The molecule has 0 saturated heterocycles. The molecule has 0 spiro atoms. The van der Waals surface area contributed by atoms with Crippen molar-refractivity contribution in [3.05, 3.63) is 82.5 Å². The third-order valence-corrected chi connectivity index (χ3v) is 6.54. The first-order valence-corrected chi connectivity index (χ1v) is 11.1. The van der Waals surface area contributed by atoms with E-state index < -0.39 is 16.1 Å². The van der Waals surface area contributed by atoms with E-state index in [2.05, 4.69) is 9.71 Å². The summed E-state index contributed by atoms with van der Waals surface area (Å²) in [5.74, 6) is 0. The molecule has 0 bridgehead atoms. The number of hydrogen-bond donors (Lipinski definition) is 1. The van der Waals surface area contributed by atoms with Gasteiger partial charge in [0.2, 0.25) is 10.0 Å². The summed E-state index contributed by atoms with van der Waals surface area (Å²) >= 11 is 12.1. The minimum atomic E-state index is -3.75. The van der Waals surface area contributed by atoms with E-state index >= 15 is 0 Å². The number of rotatable bonds is 7. The van der Waals surface area contributed by atoms with E-state index in [0.29, 0.717) is 16.6 Å². The highest BCUT2D eigenvalue weighted by Gasteiger charge is 2.23. The molecule has 0 aliphatic carbocycles. The Morgan fingerprint density at radius 3 is 2.31 bits per heavy atom. The van der Waals surface area contributed by atoms with Gasteiger partial charge >= 0.3 is 0 Å². The summed E-state index contributed by atoms with van der Waals surface area (Å²) < 4.78 is 28.8. The molecule has 8 heteroatoms. The van der Waals surface area contributed by atoms with Crippen LogP contribution in [0.4, 0.5) is 0 Å². The predicted octanol–water partition coefficient (Wildman–Crippen LogP) is 4.64. The molecule has 1 atom stereocenters. The molecule has 2 aromatic carbocycles. The number of nitrogens with zero attached hydrogens (tertiary/aromatic N) is 2. The first-order valence-electron chi connectivity index (χ1n) is 8.90. The summed E-state index contributed by atoms with van der Waals surface area (Å²) in [5, 5.41) is 0.804. The summed E-state index contributed by atoms with van der Waals surface area (Å²) in [7, 11) is 0.00262. The summed E-state index contributed by atoms with van der Waals surface area (Å²) in [6.45, 7) is 0.462. The summed E-state index contributed by atoms with van der Waals surface area (Å²) in [6, 6.07) is 16.9. The Balaban J connectivity index is 1.87. The number of benzene rings is 2. The van der Waals surface area contributed by atoms with Crippen molar-refractivity contribution in [2.75, 3.05) is 20.6 Å². The molecule has 3 rings (SSSR count). The highest BCUT2D eigenvalue weighted by Crippen LogP contribution is 2.27. The van der Waals surface area contributed by atoms with Gasteiger partial charge in [-0.1, -0.05) is 47.5 Å². The molecule has 0 aliphatic heterocycles. The molecule has 1 unspecified atom stereocenters. The summed E-state index contributed by atoms with van der Waals surface area (Å²) in [4.78, 5) is 6.37. The summed E-state index contributed by atoms with van der Waals surface area (Å²) in [6.07, 6.45) is 1.70. The Hall–Kier alpha value is -1.96. The quantitative estimate of drug-likeness (QED) is 0.570. The predicted molar refractivity (Wildman–Crippen MR) is 118 cm³/mol. The molecule has 1 aromatic heterocycles. The van der Waals surface area contributed by atoms with Gasteiger partial charge in [-0.25, -0.2) is 13.1 Å². The zero-order valence-corrected chi connectivity index (χ0v) is 18.3. The molecule has 0 fully saturated rings. The van der Waals surface area contributed by atoms with E-state index in [9.17, 15) is 8.42 Å². The fourth-order valence-corrected chi connectivity index (χ4v) is 4.42. The van der Waals surface area contributed by atoms with Crippen LogP contribution in [0.2, 0.25) is 10.0 Å². The molecular weight excluding hydrogens is 429 g/mol. The lowest BCUT2D eigenvalue weighted by Gasteiger charge is -2.23. The smallest absolute Gasteiger partial charge is 0.241 e. The maximum absolute atomic E-state index is 13.0. The number of likely N-dealkylation sites (N-methyl/N-ethyl adjacent to an activating group) is 1. The van der Waals surface area contributed by atoms with E-state index in [0.717, 1.165) is 16.8 Å². The molecule has 0 aliphatic rings. The minimum Gasteiger partial charge on any atom is -0.307 e. The Morgan fingerprint density at radius 1 is 1.00 bits per heavy atom. The lowest BCUT2D eigenvalue weighted by atomic mass is 10.1. The van der Waals surface area contributed by atoms with Crippen LogP contribution in [0.1, 0.15) is 11.6 Å². The van der Waals surface area contributed by atoms with Crippen LogP contribution < -0.4 is 4.72 Å². The van der Waals surface area contributed by atoms with E-state index in [-0.39, 0.29) is 4.90 Å². The van der Waals surface area contributed by atoms with Crippen molar-refractivity contribution in [1.82, 2.24) is 14.6 Å². The Bertz CT molecular complexity index is 1070. The maximum Gasteiger partial charge on any atom is 0.241 e. The number of halogens is 2. The zero-order chi connectivity index (χ0) is 21.0. The fraction of sp³-hybridized carbons (Fsp3) is 0.190. The van der Waals surface area contributed by atoms with Gasteiger partial charge in [-0.05, 0) is 56.1 Å². The van der Waals surface area contributed by atoms with Gasteiger partial charge in [-0.2, -0.15) is 0 Å². The normalized spacial score (nSPS) is 12.9. The van der Waals surface area contributed by atoms with Crippen molar-refractivity contribution in [1.29, 1.82) is 0 Å². The maximum atomic E-state index is 13.0.